The topological polar surface area (TPSA) is 52.2 Å². The fraction of sp³-hybridized carbons (Fsp3) is 0.600. The van der Waals surface area contributed by atoms with Crippen molar-refractivity contribution in [2.45, 2.75) is 13.0 Å². The summed E-state index contributed by atoms with van der Waals surface area (Å²) >= 11 is 3.30. The van der Waals surface area contributed by atoms with E-state index in [0.717, 1.165) is 25.5 Å². The van der Waals surface area contributed by atoms with E-state index in [-0.39, 0.29) is 5.56 Å². The number of hydrogen-bond acceptors (Lipinski definition) is 4. The third-order valence-corrected chi connectivity index (χ3v) is 3.60. The number of piperazine rings is 1. The molecule has 0 radical (unpaired) electrons. The Hall–Kier alpha value is -0.880. The van der Waals surface area contributed by atoms with Crippen LogP contribution in [0.3, 0.4) is 0 Å². The van der Waals surface area contributed by atoms with Crippen LogP contribution in [-0.2, 0) is 0 Å². The van der Waals surface area contributed by atoms with Crippen LogP contribution in [0.1, 0.15) is 6.92 Å². The van der Waals surface area contributed by atoms with Gasteiger partial charge in [-0.15, -0.1) is 0 Å². The van der Waals surface area contributed by atoms with Gasteiger partial charge in [0.15, 0.2) is 5.82 Å². The molecule has 2 heterocycles. The van der Waals surface area contributed by atoms with E-state index in [2.05, 4.69) is 49.7 Å². The van der Waals surface area contributed by atoms with Gasteiger partial charge in [-0.05, 0) is 29.9 Å². The van der Waals surface area contributed by atoms with Gasteiger partial charge in [0, 0.05) is 25.7 Å². The van der Waals surface area contributed by atoms with Crippen LogP contribution in [0.15, 0.2) is 15.6 Å². The number of hydrogen-bond donors (Lipinski definition) is 1. The number of halogens is 1. The maximum absolute atomic E-state index is 11.5. The summed E-state index contributed by atoms with van der Waals surface area (Å²) in [7, 11) is 2.11. The minimum atomic E-state index is -0.129. The second kappa shape index (κ2) is 4.55. The normalized spacial score (nSPS) is 22.4. The van der Waals surface area contributed by atoms with Crippen LogP contribution in [0.2, 0.25) is 0 Å². The fourth-order valence-corrected chi connectivity index (χ4v) is 2.47. The van der Waals surface area contributed by atoms with Gasteiger partial charge in [-0.25, -0.2) is 4.98 Å². The van der Waals surface area contributed by atoms with Crippen LogP contribution in [0.25, 0.3) is 0 Å². The third kappa shape index (κ3) is 2.12. The summed E-state index contributed by atoms with van der Waals surface area (Å²) < 4.78 is 0.520. The highest BCUT2D eigenvalue weighted by Gasteiger charge is 2.24. The summed E-state index contributed by atoms with van der Waals surface area (Å²) in [5.41, 5.74) is -0.129. The molecule has 0 aliphatic carbocycles. The lowest BCUT2D eigenvalue weighted by Gasteiger charge is -2.39. The van der Waals surface area contributed by atoms with Crippen molar-refractivity contribution in [3.63, 3.8) is 0 Å². The first-order valence-electron chi connectivity index (χ1n) is 5.28. The molecule has 1 aliphatic rings. The molecule has 1 N–H and O–H groups in total. The molecule has 1 atom stereocenters. The Morgan fingerprint density at radius 1 is 1.56 bits per heavy atom. The van der Waals surface area contributed by atoms with Gasteiger partial charge in [0.1, 0.15) is 4.47 Å². The Labute approximate surface area is 103 Å². The molecule has 1 aromatic rings. The summed E-state index contributed by atoms with van der Waals surface area (Å²) in [4.78, 5) is 22.7. The minimum Gasteiger partial charge on any atom is -0.350 e. The van der Waals surface area contributed by atoms with Crippen LogP contribution in [0, 0.1) is 0 Å². The van der Waals surface area contributed by atoms with Crippen molar-refractivity contribution in [3.05, 3.63) is 21.2 Å². The van der Waals surface area contributed by atoms with Crippen LogP contribution in [0.4, 0.5) is 5.82 Å². The molecule has 88 valence electrons. The first kappa shape index (κ1) is 11.6. The van der Waals surface area contributed by atoms with E-state index in [4.69, 9.17) is 0 Å². The van der Waals surface area contributed by atoms with E-state index in [0.29, 0.717) is 10.5 Å². The molecule has 0 spiro atoms. The summed E-state index contributed by atoms with van der Waals surface area (Å²) in [6.07, 6.45) is 1.45. The number of nitrogens with zero attached hydrogens (tertiary/aromatic N) is 3. The van der Waals surface area contributed by atoms with Gasteiger partial charge in [0.25, 0.3) is 5.56 Å². The largest absolute Gasteiger partial charge is 0.350 e. The predicted octanol–water partition coefficient (Wildman–Crippen LogP) is 0.673. The molecular weight excluding hydrogens is 272 g/mol. The zero-order chi connectivity index (χ0) is 11.7. The Kier molecular flexibility index (Phi) is 3.30. The third-order valence-electron chi connectivity index (χ3n) is 2.88. The SMILES string of the molecule is CC1CN(C)CCN1c1nc[nH]c(=O)c1Br. The molecule has 1 saturated heterocycles. The van der Waals surface area contributed by atoms with Gasteiger partial charge in [-0.2, -0.15) is 0 Å². The number of aromatic amines is 1. The second-order valence-electron chi connectivity index (χ2n) is 4.17. The maximum Gasteiger partial charge on any atom is 0.267 e. The van der Waals surface area contributed by atoms with Gasteiger partial charge in [-0.3, -0.25) is 4.79 Å². The van der Waals surface area contributed by atoms with E-state index < -0.39 is 0 Å². The molecule has 1 fully saturated rings. The average molecular weight is 287 g/mol. The lowest BCUT2D eigenvalue weighted by molar-refractivity contribution is 0.274. The Bertz CT molecular complexity index is 433. The number of H-pyrrole nitrogens is 1. The highest BCUT2D eigenvalue weighted by molar-refractivity contribution is 9.10. The Balaban J connectivity index is 2.30. The van der Waals surface area contributed by atoms with Gasteiger partial charge in [0.2, 0.25) is 0 Å². The Morgan fingerprint density at radius 2 is 2.31 bits per heavy atom. The quantitative estimate of drug-likeness (QED) is 0.825. The van der Waals surface area contributed by atoms with Crippen molar-refractivity contribution in [2.24, 2.45) is 0 Å². The number of rotatable bonds is 1. The van der Waals surface area contributed by atoms with Crippen molar-refractivity contribution in [3.8, 4) is 0 Å². The second-order valence-corrected chi connectivity index (χ2v) is 4.97. The highest BCUT2D eigenvalue weighted by Crippen LogP contribution is 2.22. The van der Waals surface area contributed by atoms with E-state index in [1.807, 2.05) is 0 Å². The zero-order valence-corrected chi connectivity index (χ0v) is 11.0. The first-order chi connectivity index (χ1) is 7.59. The van der Waals surface area contributed by atoms with Gasteiger partial charge in [-0.1, -0.05) is 0 Å². The molecule has 1 aliphatic heterocycles. The lowest BCUT2D eigenvalue weighted by atomic mass is 10.2. The summed E-state index contributed by atoms with van der Waals surface area (Å²) in [5, 5.41) is 0. The van der Waals surface area contributed by atoms with E-state index in [1.165, 1.54) is 6.33 Å². The van der Waals surface area contributed by atoms with Crippen molar-refractivity contribution < 1.29 is 0 Å². The van der Waals surface area contributed by atoms with Crippen LogP contribution in [-0.4, -0.2) is 47.6 Å². The molecule has 5 nitrogen and oxygen atoms in total. The van der Waals surface area contributed by atoms with Crippen molar-refractivity contribution in [2.75, 3.05) is 31.6 Å². The number of anilines is 1. The maximum atomic E-state index is 11.5. The van der Waals surface area contributed by atoms with E-state index in [1.54, 1.807) is 0 Å². The van der Waals surface area contributed by atoms with Crippen molar-refractivity contribution in [1.29, 1.82) is 0 Å². The van der Waals surface area contributed by atoms with Crippen LogP contribution in [0.5, 0.6) is 0 Å². The van der Waals surface area contributed by atoms with Crippen molar-refractivity contribution in [1.82, 2.24) is 14.9 Å². The minimum absolute atomic E-state index is 0.129. The Morgan fingerprint density at radius 3 is 3.00 bits per heavy atom. The lowest BCUT2D eigenvalue weighted by Crippen LogP contribution is -2.51. The molecule has 0 bridgehead atoms. The molecule has 0 saturated carbocycles. The number of aromatic nitrogens is 2. The summed E-state index contributed by atoms with van der Waals surface area (Å²) in [6, 6.07) is 0.365. The summed E-state index contributed by atoms with van der Waals surface area (Å²) in [6.45, 7) is 5.02. The number of nitrogens with one attached hydrogen (secondary N) is 1. The molecule has 2 rings (SSSR count). The van der Waals surface area contributed by atoms with Crippen LogP contribution >= 0.6 is 15.9 Å². The predicted molar refractivity (Wildman–Crippen MR) is 66.9 cm³/mol. The van der Waals surface area contributed by atoms with Gasteiger partial charge >= 0.3 is 0 Å². The molecule has 0 aromatic carbocycles. The monoisotopic (exact) mass is 286 g/mol. The van der Waals surface area contributed by atoms with E-state index in [9.17, 15) is 4.79 Å². The fourth-order valence-electron chi connectivity index (χ4n) is 2.03. The van der Waals surface area contributed by atoms with Gasteiger partial charge < -0.3 is 14.8 Å². The molecule has 0 amide bonds. The van der Waals surface area contributed by atoms with Gasteiger partial charge in [0.05, 0.1) is 6.33 Å². The van der Waals surface area contributed by atoms with Crippen LogP contribution < -0.4 is 10.5 Å². The first-order valence-corrected chi connectivity index (χ1v) is 6.07. The molecule has 1 aromatic heterocycles. The molecule has 1 unspecified atom stereocenters. The molecular formula is C10H15BrN4O. The zero-order valence-electron chi connectivity index (χ0n) is 9.40. The standard InChI is InChI=1S/C10H15BrN4O/c1-7-5-14(2)3-4-15(7)9-8(11)10(16)13-6-12-9/h6-7H,3-5H2,1-2H3,(H,12,13,16). The average Bonchev–Trinajstić information content (AvgIpc) is 2.23. The van der Waals surface area contributed by atoms with E-state index >= 15 is 0 Å². The summed E-state index contributed by atoms with van der Waals surface area (Å²) in [5.74, 6) is 0.740. The smallest absolute Gasteiger partial charge is 0.267 e. The number of likely N-dealkylation sites (N-methyl/N-ethyl adjacent to an activating group) is 1. The molecule has 16 heavy (non-hydrogen) atoms. The highest BCUT2D eigenvalue weighted by atomic mass is 79.9. The van der Waals surface area contributed by atoms with Crippen molar-refractivity contribution >= 4 is 21.7 Å². The molecule has 6 heteroatoms.